The summed E-state index contributed by atoms with van der Waals surface area (Å²) < 4.78 is 43.3. The molecular formula is C26H30BrF3N4. The number of benzene rings is 2. The van der Waals surface area contributed by atoms with Crippen LogP contribution >= 0.6 is 15.9 Å². The standard InChI is InChI=1S/C26H30BrF3N4/c1-31-16-20(23-15-22(27)6-7-24(23)31)18-33-12-10-32(11-13-33)17-19-4-5-21(26(28,29)30)14-25(19)34-8-2-3-9-34/h4-7,14-16H,2-3,8-13,17-18H2,1H3. The summed E-state index contributed by atoms with van der Waals surface area (Å²) in [5, 5.41) is 1.28. The van der Waals surface area contributed by atoms with E-state index in [-0.39, 0.29) is 0 Å². The molecule has 0 atom stereocenters. The summed E-state index contributed by atoms with van der Waals surface area (Å²) >= 11 is 3.59. The van der Waals surface area contributed by atoms with Crippen molar-refractivity contribution in [1.29, 1.82) is 0 Å². The molecule has 2 fully saturated rings. The van der Waals surface area contributed by atoms with Crippen LogP contribution in [0.5, 0.6) is 0 Å². The molecule has 2 aliphatic rings. The number of hydrogen-bond acceptors (Lipinski definition) is 3. The highest BCUT2D eigenvalue weighted by molar-refractivity contribution is 9.10. The highest BCUT2D eigenvalue weighted by atomic mass is 79.9. The maximum Gasteiger partial charge on any atom is 0.416 e. The minimum atomic E-state index is -4.31. The summed E-state index contributed by atoms with van der Waals surface area (Å²) in [5.41, 5.74) is 3.77. The minimum Gasteiger partial charge on any atom is -0.371 e. The van der Waals surface area contributed by atoms with E-state index in [1.165, 1.54) is 28.6 Å². The number of anilines is 1. The molecule has 0 amide bonds. The number of alkyl halides is 3. The Hall–Kier alpha value is -2.03. The van der Waals surface area contributed by atoms with Crippen LogP contribution in [0.25, 0.3) is 10.9 Å². The first-order valence-corrected chi connectivity index (χ1v) is 12.7. The number of piperazine rings is 1. The van der Waals surface area contributed by atoms with Crippen molar-refractivity contribution in [1.82, 2.24) is 14.4 Å². The molecule has 0 spiro atoms. The van der Waals surface area contributed by atoms with Crippen molar-refractivity contribution in [2.75, 3.05) is 44.2 Å². The van der Waals surface area contributed by atoms with Crippen LogP contribution in [-0.2, 0) is 26.3 Å². The smallest absolute Gasteiger partial charge is 0.371 e. The molecule has 5 rings (SSSR count). The SMILES string of the molecule is Cn1cc(CN2CCN(Cc3ccc(C(F)(F)F)cc3N3CCCC3)CC2)c2cc(Br)ccc21. The third-order valence-corrected chi connectivity index (χ3v) is 7.64. The van der Waals surface area contributed by atoms with Crippen LogP contribution in [0, 0.1) is 0 Å². The van der Waals surface area contributed by atoms with Gasteiger partial charge >= 0.3 is 6.18 Å². The molecule has 8 heteroatoms. The highest BCUT2D eigenvalue weighted by Crippen LogP contribution is 2.35. The van der Waals surface area contributed by atoms with Crippen molar-refractivity contribution in [3.8, 4) is 0 Å². The van der Waals surface area contributed by atoms with Crippen LogP contribution in [0.15, 0.2) is 47.1 Å². The predicted octanol–water partition coefficient (Wildman–Crippen LogP) is 5.88. The lowest BCUT2D eigenvalue weighted by Gasteiger charge is -2.35. The van der Waals surface area contributed by atoms with Gasteiger partial charge in [0.05, 0.1) is 5.56 Å². The molecule has 34 heavy (non-hydrogen) atoms. The second kappa shape index (κ2) is 9.55. The molecule has 4 nitrogen and oxygen atoms in total. The van der Waals surface area contributed by atoms with Gasteiger partial charge in [0.2, 0.25) is 0 Å². The van der Waals surface area contributed by atoms with E-state index in [0.29, 0.717) is 6.54 Å². The third kappa shape index (κ3) is 4.99. The van der Waals surface area contributed by atoms with Gasteiger partial charge in [0, 0.05) is 86.7 Å². The summed E-state index contributed by atoms with van der Waals surface area (Å²) in [4.78, 5) is 6.97. The molecule has 0 unspecified atom stereocenters. The van der Waals surface area contributed by atoms with Gasteiger partial charge < -0.3 is 9.47 Å². The molecule has 0 aliphatic carbocycles. The van der Waals surface area contributed by atoms with Gasteiger partial charge in [-0.3, -0.25) is 9.80 Å². The Labute approximate surface area is 207 Å². The zero-order chi connectivity index (χ0) is 23.9. The maximum absolute atomic E-state index is 13.3. The van der Waals surface area contributed by atoms with Gasteiger partial charge in [-0.05, 0) is 54.3 Å². The second-order valence-electron chi connectivity index (χ2n) is 9.51. The summed E-state index contributed by atoms with van der Waals surface area (Å²) in [6.45, 7) is 6.99. The predicted molar refractivity (Wildman–Crippen MR) is 134 cm³/mol. The normalized spacial score (nSPS) is 18.3. The Morgan fingerprint density at radius 2 is 1.47 bits per heavy atom. The van der Waals surface area contributed by atoms with Crippen LogP contribution in [0.2, 0.25) is 0 Å². The van der Waals surface area contributed by atoms with Crippen molar-refractivity contribution in [2.45, 2.75) is 32.1 Å². The zero-order valence-corrected chi connectivity index (χ0v) is 21.0. The lowest BCUT2D eigenvalue weighted by atomic mass is 10.1. The van der Waals surface area contributed by atoms with E-state index >= 15 is 0 Å². The van der Waals surface area contributed by atoms with E-state index in [1.807, 2.05) is 0 Å². The Morgan fingerprint density at radius 3 is 2.12 bits per heavy atom. The molecule has 0 radical (unpaired) electrons. The van der Waals surface area contributed by atoms with Crippen LogP contribution in [0.1, 0.15) is 29.5 Å². The van der Waals surface area contributed by atoms with Gasteiger partial charge in [-0.1, -0.05) is 22.0 Å². The first-order chi connectivity index (χ1) is 16.3. The molecule has 0 saturated carbocycles. The first kappa shape index (κ1) is 23.7. The molecule has 1 aromatic heterocycles. The average molecular weight is 535 g/mol. The van der Waals surface area contributed by atoms with Crippen LogP contribution in [0.4, 0.5) is 18.9 Å². The maximum atomic E-state index is 13.3. The summed E-state index contributed by atoms with van der Waals surface area (Å²) in [6.07, 6.45) is -0.0119. The lowest BCUT2D eigenvalue weighted by Crippen LogP contribution is -2.45. The van der Waals surface area contributed by atoms with Gasteiger partial charge in [-0.25, -0.2) is 0 Å². The largest absolute Gasteiger partial charge is 0.416 e. The van der Waals surface area contributed by atoms with Crippen molar-refractivity contribution in [2.24, 2.45) is 7.05 Å². The highest BCUT2D eigenvalue weighted by Gasteiger charge is 2.32. The van der Waals surface area contributed by atoms with Crippen LogP contribution < -0.4 is 4.90 Å². The Morgan fingerprint density at radius 1 is 0.824 bits per heavy atom. The molecule has 182 valence electrons. The number of aryl methyl sites for hydroxylation is 1. The monoisotopic (exact) mass is 534 g/mol. The molecule has 2 aromatic carbocycles. The number of halogens is 4. The van der Waals surface area contributed by atoms with E-state index in [1.54, 1.807) is 6.07 Å². The number of nitrogens with zero attached hydrogens (tertiary/aromatic N) is 4. The molecule has 2 aliphatic heterocycles. The molecule has 0 N–H and O–H groups in total. The van der Waals surface area contributed by atoms with Crippen LogP contribution in [0.3, 0.4) is 0 Å². The number of fused-ring (bicyclic) bond motifs is 1. The second-order valence-corrected chi connectivity index (χ2v) is 10.4. The van der Waals surface area contributed by atoms with Gasteiger partial charge in [0.1, 0.15) is 0 Å². The van der Waals surface area contributed by atoms with Gasteiger partial charge in [0.25, 0.3) is 0 Å². The van der Waals surface area contributed by atoms with E-state index in [2.05, 4.69) is 66.6 Å². The third-order valence-electron chi connectivity index (χ3n) is 7.15. The fourth-order valence-electron chi connectivity index (χ4n) is 5.29. The van der Waals surface area contributed by atoms with E-state index < -0.39 is 11.7 Å². The number of rotatable bonds is 5. The van der Waals surface area contributed by atoms with Gasteiger partial charge in [0.15, 0.2) is 0 Å². The van der Waals surface area contributed by atoms with E-state index in [0.717, 1.165) is 74.4 Å². The fraction of sp³-hybridized carbons (Fsp3) is 0.462. The zero-order valence-electron chi connectivity index (χ0n) is 19.4. The molecule has 2 saturated heterocycles. The average Bonchev–Trinajstić information content (AvgIpc) is 3.43. The lowest BCUT2D eigenvalue weighted by molar-refractivity contribution is -0.137. The molecular weight excluding hydrogens is 505 g/mol. The fourth-order valence-corrected chi connectivity index (χ4v) is 5.65. The molecule has 0 bridgehead atoms. The van der Waals surface area contributed by atoms with E-state index in [4.69, 9.17) is 0 Å². The Kier molecular flexibility index (Phi) is 6.66. The van der Waals surface area contributed by atoms with Gasteiger partial charge in [-0.15, -0.1) is 0 Å². The molecule has 3 heterocycles. The van der Waals surface area contributed by atoms with Crippen LogP contribution in [-0.4, -0.2) is 53.6 Å². The number of aromatic nitrogens is 1. The van der Waals surface area contributed by atoms with Crippen molar-refractivity contribution in [3.05, 3.63) is 63.8 Å². The minimum absolute atomic E-state index is 0.551. The summed E-state index contributed by atoms with van der Waals surface area (Å²) in [6, 6.07) is 10.7. The molecule has 3 aromatic rings. The van der Waals surface area contributed by atoms with E-state index in [9.17, 15) is 13.2 Å². The Bertz CT molecular complexity index is 1160. The Balaban J connectivity index is 1.26. The quantitative estimate of drug-likeness (QED) is 0.406. The first-order valence-electron chi connectivity index (χ1n) is 11.9. The summed E-state index contributed by atoms with van der Waals surface area (Å²) in [5.74, 6) is 0. The topological polar surface area (TPSA) is 14.7 Å². The van der Waals surface area contributed by atoms with Crippen molar-refractivity contribution >= 4 is 32.5 Å². The number of hydrogen-bond donors (Lipinski definition) is 0. The van der Waals surface area contributed by atoms with Crippen molar-refractivity contribution in [3.63, 3.8) is 0 Å². The summed E-state index contributed by atoms with van der Waals surface area (Å²) in [7, 11) is 2.08. The van der Waals surface area contributed by atoms with Gasteiger partial charge in [-0.2, -0.15) is 13.2 Å². The van der Waals surface area contributed by atoms with Crippen molar-refractivity contribution < 1.29 is 13.2 Å².